The van der Waals surface area contributed by atoms with Gasteiger partial charge in [-0.2, -0.15) is 0 Å². The minimum absolute atomic E-state index is 0. The van der Waals surface area contributed by atoms with Crippen molar-refractivity contribution in [2.75, 3.05) is 0 Å². The molecular weight excluding hydrogens is 1080 g/mol. The van der Waals surface area contributed by atoms with Crippen LogP contribution in [0.15, 0.2) is 122 Å². The Hall–Kier alpha value is -3.28. The summed E-state index contributed by atoms with van der Waals surface area (Å²) >= 11 is 0. The molecule has 14 nitrogen and oxygen atoms in total. The zero-order valence-electron chi connectivity index (χ0n) is 37.1. The van der Waals surface area contributed by atoms with Crippen molar-refractivity contribution in [3.63, 3.8) is 0 Å². The third-order valence-corrected chi connectivity index (χ3v) is 8.87. The van der Waals surface area contributed by atoms with Crippen LogP contribution in [0.5, 0.6) is 0 Å². The van der Waals surface area contributed by atoms with E-state index in [-0.39, 0.29) is 51.2 Å². The Morgan fingerprint density at radius 1 is 0.310 bits per heavy atom. The van der Waals surface area contributed by atoms with Gasteiger partial charge in [-0.3, -0.25) is 19.9 Å². The van der Waals surface area contributed by atoms with Gasteiger partial charge >= 0.3 is 51.2 Å². The number of halogens is 2. The van der Waals surface area contributed by atoms with Crippen molar-refractivity contribution in [2.45, 2.75) is 12.8 Å². The summed E-state index contributed by atoms with van der Waals surface area (Å²) in [7, 11) is -9.89. The van der Waals surface area contributed by atoms with Gasteiger partial charge in [0.1, 0.15) is 0 Å². The number of aromatic nitrogens is 6. The summed E-state index contributed by atoms with van der Waals surface area (Å²) in [6.07, 6.45) is 45.7. The number of pyridine rings is 6. The molecule has 0 spiro atoms. The summed E-state index contributed by atoms with van der Waals surface area (Å²) < 4.78 is 67.9. The molecule has 6 aromatic rings. The third kappa shape index (κ3) is 27.5. The maximum atomic E-state index is 8.49. The largest absolute Gasteiger partial charge is 2.00 e. The Morgan fingerprint density at radius 3 is 0.704 bits per heavy atom. The predicted molar refractivity (Wildman–Crippen MR) is 233 cm³/mol. The van der Waals surface area contributed by atoms with Gasteiger partial charge in [-0.05, 0) is 224 Å². The average Bonchev–Trinajstić information content (AvgIpc) is 4.21. The zero-order valence-corrected chi connectivity index (χ0v) is 41.7. The Kier molecular flexibility index (Phi) is 31.5. The number of rotatable bonds is 8. The molecule has 6 aromatic heterocycles. The van der Waals surface area contributed by atoms with E-state index in [1.165, 1.54) is 23.0 Å². The van der Waals surface area contributed by atoms with E-state index < -0.39 is 20.5 Å². The summed E-state index contributed by atoms with van der Waals surface area (Å²) in [5.41, 5.74) is 9.41. The van der Waals surface area contributed by atoms with Gasteiger partial charge in [-0.1, -0.05) is 24.3 Å². The monoisotopic (exact) mass is 1120 g/mol. The van der Waals surface area contributed by atoms with Gasteiger partial charge < -0.3 is 0 Å². The number of hydrogen-bond acceptors (Lipinski definition) is 14. The van der Waals surface area contributed by atoms with Crippen LogP contribution in [0.4, 0.5) is 0 Å². The second kappa shape index (κ2) is 35.0. The Morgan fingerprint density at radius 2 is 0.521 bits per heavy atom. The van der Waals surface area contributed by atoms with Crippen molar-refractivity contribution in [2.24, 2.45) is 0 Å². The maximum Gasteiger partial charge on any atom is 2.00 e. The molecule has 0 N–H and O–H groups in total. The van der Waals surface area contributed by atoms with E-state index in [2.05, 4.69) is 95.6 Å². The van der Waals surface area contributed by atoms with E-state index in [9.17, 15) is 0 Å². The summed E-state index contributed by atoms with van der Waals surface area (Å²) in [5.74, 6) is 2.58. The fourth-order valence-electron chi connectivity index (χ4n) is 6.14. The van der Waals surface area contributed by atoms with Crippen molar-refractivity contribution >= 4 is 0 Å². The molecule has 0 aromatic carbocycles. The van der Waals surface area contributed by atoms with Crippen LogP contribution in [0.2, 0.25) is 0 Å². The standard InChI is InChI=1S/2C21H16N3.2C5H5.2ClHO4.Cu.2Fe/c2*1-2-8-16(7-1)13-17-14-20(18-9-3-5-11-22-18)24-21(15-17)19-10-4-6-12-23-19;2*1-2-4-5-3-1;2*2-1(3,4)5;;;/h2*1-12,14-15H,13H2;2*1-5H;2*(H,2,3,4,5);;;/q;;;;;;3*+2/p-2. The van der Waals surface area contributed by atoms with Gasteiger partial charge in [0.05, 0.1) is 45.6 Å². The van der Waals surface area contributed by atoms with Crippen LogP contribution in [0.1, 0.15) is 11.1 Å². The maximum absolute atomic E-state index is 8.49. The van der Waals surface area contributed by atoms with E-state index >= 15 is 0 Å². The molecule has 0 bridgehead atoms. The van der Waals surface area contributed by atoms with Gasteiger partial charge in [0.2, 0.25) is 0 Å². The summed E-state index contributed by atoms with van der Waals surface area (Å²) in [5, 5.41) is 0. The molecule has 4 saturated carbocycles. The minimum Gasteiger partial charge on any atom is -0.255 e. The first-order chi connectivity index (χ1) is 32.8. The molecule has 21 radical (unpaired) electrons. The van der Waals surface area contributed by atoms with Crippen molar-refractivity contribution in [3.8, 4) is 45.6 Å². The number of nitrogens with zero attached hydrogens (tertiary/aromatic N) is 6. The van der Waals surface area contributed by atoms with Crippen LogP contribution in [0.3, 0.4) is 0 Å². The molecule has 10 rings (SSSR count). The molecule has 0 saturated heterocycles. The fourth-order valence-corrected chi connectivity index (χ4v) is 6.14. The Bertz CT molecular complexity index is 1990. The minimum atomic E-state index is -4.94. The van der Waals surface area contributed by atoms with Crippen LogP contribution in [0.25, 0.3) is 45.6 Å². The van der Waals surface area contributed by atoms with Crippen molar-refractivity contribution in [1.29, 1.82) is 0 Å². The van der Waals surface area contributed by atoms with E-state index in [4.69, 9.17) is 47.2 Å². The summed E-state index contributed by atoms with van der Waals surface area (Å²) in [4.78, 5) is 27.3. The predicted octanol–water partition coefficient (Wildman–Crippen LogP) is 0.830. The summed E-state index contributed by atoms with van der Waals surface area (Å²) in [6, 6.07) is 32.0. The first kappa shape index (κ1) is 63.8. The molecule has 0 amide bonds. The van der Waals surface area contributed by atoms with Crippen LogP contribution >= 0.6 is 0 Å². The zero-order chi connectivity index (χ0) is 48.5. The van der Waals surface area contributed by atoms with E-state index in [1.54, 1.807) is 24.8 Å². The average molecular weight is 1130 g/mol. The molecule has 365 valence electrons. The van der Waals surface area contributed by atoms with Crippen molar-refractivity contribution in [1.82, 2.24) is 29.9 Å². The molecule has 6 heterocycles. The van der Waals surface area contributed by atoms with Gasteiger partial charge in [0.15, 0.2) is 0 Å². The van der Waals surface area contributed by atoms with Gasteiger partial charge in [0, 0.05) is 24.8 Å². The quantitative estimate of drug-likeness (QED) is 0.191. The van der Waals surface area contributed by atoms with Crippen LogP contribution < -0.4 is 37.3 Å². The Balaban J connectivity index is 0.000000341. The molecule has 71 heavy (non-hydrogen) atoms. The van der Waals surface area contributed by atoms with E-state index in [0.29, 0.717) is 0 Å². The van der Waals surface area contributed by atoms with Gasteiger partial charge in [-0.15, -0.1) is 20.5 Å². The third-order valence-electron chi connectivity index (χ3n) is 8.87. The molecule has 0 aliphatic heterocycles. The van der Waals surface area contributed by atoms with E-state index in [1.807, 2.05) is 137 Å². The second-order valence-corrected chi connectivity index (χ2v) is 15.5. The first-order valence-corrected chi connectivity index (χ1v) is 22.9. The SMILES string of the molecule is [CH]1[CH][CH][CH][CH]1.[CH]1[CH][CH][CH][CH]1.[CH]1[CH][CH][C](Cc2cc(-c3ccccn3)nc(-c3ccccn3)c2)[CH]1.[CH]1[CH][CH][C](Cc2cc(-c3ccccn3)nc(-c3ccccn3)c2)[CH]1.[Cu+2].[Fe+2].[Fe+2].[O-][Cl+3]([O-])([O-])[O-].[O-][Cl+3]([O-])([O-])[O-]. The normalized spacial score (nSPS) is 15.1. The Labute approximate surface area is 454 Å². The molecule has 0 atom stereocenters. The van der Waals surface area contributed by atoms with Crippen LogP contribution in [-0.2, 0) is 64.0 Å². The van der Waals surface area contributed by atoms with Gasteiger partial charge in [0.25, 0.3) is 0 Å². The van der Waals surface area contributed by atoms with Crippen LogP contribution in [0, 0.1) is 148 Å². The topological polar surface area (TPSA) is 262 Å². The molecule has 0 unspecified atom stereocenters. The molecule has 19 heteroatoms. The van der Waals surface area contributed by atoms with Crippen LogP contribution in [-0.4, -0.2) is 29.9 Å². The second-order valence-electron chi connectivity index (χ2n) is 14.0. The van der Waals surface area contributed by atoms with Crippen molar-refractivity contribution < 1.29 is 109 Å². The molecular formula is C52H42Cl2CuFe2N6O8+4. The molecule has 4 fully saturated rings. The van der Waals surface area contributed by atoms with Gasteiger partial charge in [-0.25, -0.2) is 47.2 Å². The molecule has 4 aliphatic carbocycles. The molecule has 4 aliphatic rings. The fraction of sp³-hybridized carbons (Fsp3) is 0.0385. The number of hydrogen-bond donors (Lipinski definition) is 0. The smallest absolute Gasteiger partial charge is 0.255 e. The van der Waals surface area contributed by atoms with E-state index in [0.717, 1.165) is 58.4 Å². The first-order valence-electron chi connectivity index (χ1n) is 20.4. The van der Waals surface area contributed by atoms with Crippen molar-refractivity contribution in [3.05, 3.63) is 260 Å². The summed E-state index contributed by atoms with van der Waals surface area (Å²) in [6.45, 7) is 0.